The van der Waals surface area contributed by atoms with Crippen molar-refractivity contribution in [3.05, 3.63) is 0 Å². The molecule has 0 amide bonds. The Hall–Kier alpha value is -0.210. The highest BCUT2D eigenvalue weighted by atomic mass is 32.3. The minimum absolute atomic E-state index is 0.417. The summed E-state index contributed by atoms with van der Waals surface area (Å²) < 4.78 is 33.6. The standard InChI is InChI=1S/C4H10O4S.C2H7NO/c1-4(2,3)8-9(5,6)7;1-2(3)4/h1-3H3,(H,5,6,7);2,4H,3H2,1H3. The zero-order chi connectivity index (χ0) is 11.3. The van der Waals surface area contributed by atoms with E-state index in [-0.39, 0.29) is 0 Å². The molecule has 13 heavy (non-hydrogen) atoms. The molecule has 0 aliphatic heterocycles. The molecule has 4 N–H and O–H groups in total. The fourth-order valence-electron chi connectivity index (χ4n) is 0.306. The van der Waals surface area contributed by atoms with Crippen molar-refractivity contribution in [2.75, 3.05) is 0 Å². The average molecular weight is 215 g/mol. The topological polar surface area (TPSA) is 114 Å². The van der Waals surface area contributed by atoms with Gasteiger partial charge in [-0.3, -0.25) is 4.18 Å². The van der Waals surface area contributed by atoms with Crippen LogP contribution in [0.1, 0.15) is 27.7 Å². The number of hydrogen-bond acceptors (Lipinski definition) is 5. The normalized spacial score (nSPS) is 14.4. The van der Waals surface area contributed by atoms with Gasteiger partial charge in [0.2, 0.25) is 10.4 Å². The van der Waals surface area contributed by atoms with Crippen molar-refractivity contribution in [3.8, 4) is 0 Å². The SMILES string of the molecule is CC(C)(C)OS(=O)(=O)[O-].CC([NH3+])O. The Balaban J connectivity index is 0. The number of quaternary nitrogens is 1. The van der Waals surface area contributed by atoms with E-state index in [1.54, 1.807) is 6.92 Å². The van der Waals surface area contributed by atoms with E-state index < -0.39 is 22.2 Å². The van der Waals surface area contributed by atoms with Crippen LogP contribution in [0.25, 0.3) is 0 Å². The molecule has 0 radical (unpaired) electrons. The van der Waals surface area contributed by atoms with E-state index in [1.807, 2.05) is 0 Å². The van der Waals surface area contributed by atoms with E-state index in [1.165, 1.54) is 20.8 Å². The van der Waals surface area contributed by atoms with Gasteiger partial charge in [-0.05, 0) is 20.8 Å². The lowest BCUT2D eigenvalue weighted by Crippen LogP contribution is -2.58. The summed E-state index contributed by atoms with van der Waals surface area (Å²) in [6.45, 7) is 6.08. The minimum Gasteiger partial charge on any atom is -0.726 e. The smallest absolute Gasteiger partial charge is 0.218 e. The van der Waals surface area contributed by atoms with E-state index in [2.05, 4.69) is 9.92 Å². The molecule has 0 aromatic rings. The largest absolute Gasteiger partial charge is 0.726 e. The Kier molecular flexibility index (Phi) is 6.47. The van der Waals surface area contributed by atoms with Gasteiger partial charge in [-0.1, -0.05) is 0 Å². The van der Waals surface area contributed by atoms with Crippen LogP contribution in [0.15, 0.2) is 0 Å². The van der Waals surface area contributed by atoms with Crippen LogP contribution in [0.5, 0.6) is 0 Å². The van der Waals surface area contributed by atoms with Crippen molar-refractivity contribution in [2.45, 2.75) is 39.5 Å². The van der Waals surface area contributed by atoms with Crippen LogP contribution in [-0.4, -0.2) is 29.9 Å². The van der Waals surface area contributed by atoms with E-state index in [9.17, 15) is 13.0 Å². The quantitative estimate of drug-likeness (QED) is 0.325. The van der Waals surface area contributed by atoms with Crippen molar-refractivity contribution >= 4 is 10.4 Å². The summed E-state index contributed by atoms with van der Waals surface area (Å²) in [5, 5.41) is 7.94. The highest BCUT2D eigenvalue weighted by Crippen LogP contribution is 2.09. The Morgan fingerprint density at radius 1 is 1.46 bits per heavy atom. The summed E-state index contributed by atoms with van der Waals surface area (Å²) >= 11 is 0. The number of rotatable bonds is 1. The van der Waals surface area contributed by atoms with Gasteiger partial charge in [0.15, 0.2) is 6.23 Å². The van der Waals surface area contributed by atoms with Crippen LogP contribution >= 0.6 is 0 Å². The van der Waals surface area contributed by atoms with Gasteiger partial charge in [0.1, 0.15) is 0 Å². The molecule has 0 rings (SSSR count). The molecule has 0 saturated carbocycles. The van der Waals surface area contributed by atoms with Crippen LogP contribution < -0.4 is 5.73 Å². The first kappa shape index (κ1) is 15.3. The molecular formula is C6H17NO5S. The molecular weight excluding hydrogens is 198 g/mol. The summed E-state index contributed by atoms with van der Waals surface area (Å²) in [7, 11) is -4.53. The summed E-state index contributed by atoms with van der Waals surface area (Å²) in [5.41, 5.74) is 2.28. The molecule has 0 aromatic heterocycles. The van der Waals surface area contributed by atoms with Crippen molar-refractivity contribution in [1.82, 2.24) is 0 Å². The van der Waals surface area contributed by atoms with Crippen molar-refractivity contribution < 1.29 is 28.0 Å². The molecule has 82 valence electrons. The zero-order valence-electron chi connectivity index (χ0n) is 8.27. The van der Waals surface area contributed by atoms with Crippen LogP contribution in [0.3, 0.4) is 0 Å². The van der Waals surface area contributed by atoms with Crippen LogP contribution in [0, 0.1) is 0 Å². The predicted octanol–water partition coefficient (Wildman–Crippen LogP) is -1.17. The van der Waals surface area contributed by atoms with Gasteiger partial charge in [0, 0.05) is 6.92 Å². The summed E-state index contributed by atoms with van der Waals surface area (Å²) in [6.07, 6.45) is -0.417. The Bertz CT molecular complexity index is 213. The molecule has 7 heteroatoms. The lowest BCUT2D eigenvalue weighted by atomic mass is 10.2. The molecule has 0 fully saturated rings. The second-order valence-corrected chi connectivity index (χ2v) is 4.44. The van der Waals surface area contributed by atoms with Gasteiger partial charge in [-0.2, -0.15) is 0 Å². The first-order chi connectivity index (χ1) is 5.44. The van der Waals surface area contributed by atoms with Gasteiger partial charge in [-0.25, -0.2) is 8.42 Å². The summed E-state index contributed by atoms with van der Waals surface area (Å²) in [6, 6.07) is 0. The number of aliphatic hydroxyl groups excluding tert-OH is 1. The molecule has 6 nitrogen and oxygen atoms in total. The van der Waals surface area contributed by atoms with E-state index in [0.29, 0.717) is 0 Å². The molecule has 0 bridgehead atoms. The molecule has 0 aliphatic carbocycles. The van der Waals surface area contributed by atoms with Gasteiger partial charge in [0.25, 0.3) is 0 Å². The maximum Gasteiger partial charge on any atom is 0.218 e. The van der Waals surface area contributed by atoms with Crippen LogP contribution in [-0.2, 0) is 14.6 Å². The number of hydrogen-bond donors (Lipinski definition) is 2. The maximum atomic E-state index is 9.87. The monoisotopic (exact) mass is 215 g/mol. The first-order valence-electron chi connectivity index (χ1n) is 3.61. The first-order valence-corrected chi connectivity index (χ1v) is 4.95. The van der Waals surface area contributed by atoms with E-state index >= 15 is 0 Å². The van der Waals surface area contributed by atoms with E-state index in [0.717, 1.165) is 0 Å². The Morgan fingerprint density at radius 3 is 1.69 bits per heavy atom. The highest BCUT2D eigenvalue weighted by Gasteiger charge is 2.13. The molecule has 1 unspecified atom stereocenters. The third-order valence-electron chi connectivity index (χ3n) is 0.352. The summed E-state index contributed by atoms with van der Waals surface area (Å²) in [4.78, 5) is 0. The fourth-order valence-corrected chi connectivity index (χ4v) is 0.919. The van der Waals surface area contributed by atoms with Crippen molar-refractivity contribution in [3.63, 3.8) is 0 Å². The molecule has 0 aromatic carbocycles. The molecule has 0 spiro atoms. The van der Waals surface area contributed by atoms with E-state index in [4.69, 9.17) is 5.11 Å². The van der Waals surface area contributed by atoms with Gasteiger partial charge < -0.3 is 15.4 Å². The van der Waals surface area contributed by atoms with Crippen LogP contribution in [0.4, 0.5) is 0 Å². The zero-order valence-corrected chi connectivity index (χ0v) is 9.09. The average Bonchev–Trinajstić information content (AvgIpc) is 1.47. The predicted molar refractivity (Wildman–Crippen MR) is 45.1 cm³/mol. The Morgan fingerprint density at radius 2 is 1.69 bits per heavy atom. The lowest BCUT2D eigenvalue weighted by molar-refractivity contribution is -0.475. The molecule has 0 heterocycles. The molecule has 0 saturated heterocycles. The second-order valence-electron chi connectivity index (χ2n) is 3.45. The summed E-state index contributed by atoms with van der Waals surface area (Å²) in [5.74, 6) is 0. The van der Waals surface area contributed by atoms with Gasteiger partial charge in [0.05, 0.1) is 5.60 Å². The van der Waals surface area contributed by atoms with Crippen LogP contribution in [0.2, 0.25) is 0 Å². The Labute approximate surface area is 78.7 Å². The lowest BCUT2D eigenvalue weighted by Gasteiger charge is -2.20. The maximum absolute atomic E-state index is 9.87. The third kappa shape index (κ3) is 33.7. The second kappa shape index (κ2) is 5.51. The number of aliphatic hydroxyl groups is 1. The van der Waals surface area contributed by atoms with Gasteiger partial charge >= 0.3 is 0 Å². The fraction of sp³-hybridized carbons (Fsp3) is 1.00. The van der Waals surface area contributed by atoms with Crippen molar-refractivity contribution in [2.24, 2.45) is 0 Å². The molecule has 0 aliphatic rings. The molecule has 1 atom stereocenters. The third-order valence-corrected chi connectivity index (χ3v) is 1.06. The minimum atomic E-state index is -4.53. The highest BCUT2D eigenvalue weighted by molar-refractivity contribution is 7.80. The van der Waals surface area contributed by atoms with Crippen molar-refractivity contribution in [1.29, 1.82) is 0 Å². The van der Waals surface area contributed by atoms with Gasteiger partial charge in [-0.15, -0.1) is 0 Å².